The Labute approximate surface area is 129 Å². The number of amides is 2. The summed E-state index contributed by atoms with van der Waals surface area (Å²) in [6.45, 7) is 4.42. The SMILES string of the molecule is Cc1cc(C)cc(NC(=O)NCCOc2ccccc2F)c1. The number of nitrogens with one attached hydrogen (secondary N) is 2. The predicted octanol–water partition coefficient (Wildman–Crippen LogP) is 3.64. The van der Waals surface area contributed by atoms with E-state index in [1.807, 2.05) is 32.0 Å². The summed E-state index contributed by atoms with van der Waals surface area (Å²) in [5, 5.41) is 5.42. The fourth-order valence-electron chi connectivity index (χ4n) is 2.11. The lowest BCUT2D eigenvalue weighted by Gasteiger charge is -2.10. The summed E-state index contributed by atoms with van der Waals surface area (Å²) >= 11 is 0. The first kappa shape index (κ1) is 15.8. The molecule has 0 heterocycles. The molecular weight excluding hydrogens is 283 g/mol. The van der Waals surface area contributed by atoms with Gasteiger partial charge >= 0.3 is 6.03 Å². The molecule has 0 aliphatic rings. The van der Waals surface area contributed by atoms with Crippen LogP contribution >= 0.6 is 0 Å². The smallest absolute Gasteiger partial charge is 0.319 e. The molecule has 5 heteroatoms. The lowest BCUT2D eigenvalue weighted by molar-refractivity contribution is 0.246. The number of aryl methyl sites for hydroxylation is 2. The number of carbonyl (C=O) groups excluding carboxylic acids is 1. The normalized spacial score (nSPS) is 10.1. The molecule has 0 bridgehead atoms. The molecule has 22 heavy (non-hydrogen) atoms. The second kappa shape index (κ2) is 7.45. The molecule has 0 aromatic heterocycles. The molecule has 0 fully saturated rings. The van der Waals surface area contributed by atoms with Gasteiger partial charge in [-0.05, 0) is 49.2 Å². The number of anilines is 1. The molecule has 0 unspecified atom stereocenters. The monoisotopic (exact) mass is 302 g/mol. The first-order chi connectivity index (χ1) is 10.5. The molecule has 2 amide bonds. The number of halogens is 1. The minimum Gasteiger partial charge on any atom is -0.489 e. The number of carbonyl (C=O) groups is 1. The van der Waals surface area contributed by atoms with Crippen LogP contribution in [-0.4, -0.2) is 19.2 Å². The van der Waals surface area contributed by atoms with Crippen molar-refractivity contribution in [1.29, 1.82) is 0 Å². The zero-order valence-corrected chi connectivity index (χ0v) is 12.7. The quantitative estimate of drug-likeness (QED) is 0.828. The van der Waals surface area contributed by atoms with Crippen LogP contribution in [0.3, 0.4) is 0 Å². The number of para-hydroxylation sites is 1. The molecular formula is C17H19FN2O2. The Hall–Kier alpha value is -2.56. The van der Waals surface area contributed by atoms with Crippen LogP contribution < -0.4 is 15.4 Å². The van der Waals surface area contributed by atoms with Crippen molar-refractivity contribution >= 4 is 11.7 Å². The Morgan fingerprint density at radius 2 is 1.82 bits per heavy atom. The third-order valence-electron chi connectivity index (χ3n) is 2.96. The molecule has 4 nitrogen and oxygen atoms in total. The second-order valence-corrected chi connectivity index (χ2v) is 5.04. The number of benzene rings is 2. The maximum atomic E-state index is 13.3. The van der Waals surface area contributed by atoms with Crippen molar-refractivity contribution in [3.8, 4) is 5.75 Å². The maximum absolute atomic E-state index is 13.3. The Morgan fingerprint density at radius 3 is 2.50 bits per heavy atom. The van der Waals surface area contributed by atoms with Gasteiger partial charge in [-0.1, -0.05) is 18.2 Å². The minimum atomic E-state index is -0.415. The molecule has 0 atom stereocenters. The van der Waals surface area contributed by atoms with Crippen molar-refractivity contribution in [2.75, 3.05) is 18.5 Å². The van der Waals surface area contributed by atoms with Gasteiger partial charge in [0.15, 0.2) is 11.6 Å². The molecule has 2 aromatic carbocycles. The zero-order chi connectivity index (χ0) is 15.9. The van der Waals surface area contributed by atoms with E-state index in [-0.39, 0.29) is 24.9 Å². The fraction of sp³-hybridized carbons (Fsp3) is 0.235. The standard InChI is InChI=1S/C17H19FN2O2/c1-12-9-13(2)11-14(10-12)20-17(21)19-7-8-22-16-6-4-3-5-15(16)18/h3-6,9-11H,7-8H2,1-2H3,(H2,19,20,21). The van der Waals surface area contributed by atoms with Crippen molar-refractivity contribution in [3.63, 3.8) is 0 Å². The van der Waals surface area contributed by atoms with E-state index in [0.717, 1.165) is 16.8 Å². The molecule has 0 aliphatic carbocycles. The van der Waals surface area contributed by atoms with Gasteiger partial charge in [-0.2, -0.15) is 0 Å². The summed E-state index contributed by atoms with van der Waals surface area (Å²) < 4.78 is 18.6. The van der Waals surface area contributed by atoms with E-state index in [2.05, 4.69) is 10.6 Å². The van der Waals surface area contributed by atoms with Gasteiger partial charge in [-0.15, -0.1) is 0 Å². The van der Waals surface area contributed by atoms with Gasteiger partial charge in [0.2, 0.25) is 0 Å². The lowest BCUT2D eigenvalue weighted by Crippen LogP contribution is -2.32. The van der Waals surface area contributed by atoms with E-state index in [9.17, 15) is 9.18 Å². The molecule has 0 saturated heterocycles. The molecule has 2 rings (SSSR count). The largest absolute Gasteiger partial charge is 0.489 e. The van der Waals surface area contributed by atoms with E-state index >= 15 is 0 Å². The number of hydrogen-bond acceptors (Lipinski definition) is 2. The van der Waals surface area contributed by atoms with Crippen LogP contribution in [0.5, 0.6) is 5.75 Å². The summed E-state index contributed by atoms with van der Waals surface area (Å²) in [4.78, 5) is 11.8. The Balaban J connectivity index is 1.75. The number of hydrogen-bond donors (Lipinski definition) is 2. The Kier molecular flexibility index (Phi) is 5.36. The van der Waals surface area contributed by atoms with Gasteiger partial charge in [0.05, 0.1) is 6.54 Å². The molecule has 0 radical (unpaired) electrons. The number of ether oxygens (including phenoxy) is 1. The van der Waals surface area contributed by atoms with Gasteiger partial charge in [0, 0.05) is 5.69 Å². The van der Waals surface area contributed by atoms with Crippen molar-refractivity contribution in [1.82, 2.24) is 5.32 Å². The Bertz CT molecular complexity index is 639. The van der Waals surface area contributed by atoms with E-state index in [1.54, 1.807) is 18.2 Å². The van der Waals surface area contributed by atoms with Gasteiger partial charge in [-0.25, -0.2) is 9.18 Å². The van der Waals surface area contributed by atoms with Crippen LogP contribution in [0.15, 0.2) is 42.5 Å². The Morgan fingerprint density at radius 1 is 1.14 bits per heavy atom. The number of urea groups is 1. The highest BCUT2D eigenvalue weighted by Crippen LogP contribution is 2.15. The van der Waals surface area contributed by atoms with Crippen molar-refractivity contribution in [2.24, 2.45) is 0 Å². The topological polar surface area (TPSA) is 50.4 Å². The summed E-state index contributed by atoms with van der Waals surface area (Å²) in [6, 6.07) is 11.7. The molecule has 0 spiro atoms. The van der Waals surface area contributed by atoms with Crippen LogP contribution in [0.4, 0.5) is 14.9 Å². The van der Waals surface area contributed by atoms with Crippen molar-refractivity contribution < 1.29 is 13.9 Å². The van der Waals surface area contributed by atoms with Crippen molar-refractivity contribution in [2.45, 2.75) is 13.8 Å². The predicted molar refractivity (Wildman–Crippen MR) is 84.8 cm³/mol. The van der Waals surface area contributed by atoms with Gasteiger partial charge in [0.1, 0.15) is 6.61 Å². The highest BCUT2D eigenvalue weighted by Gasteiger charge is 2.04. The van der Waals surface area contributed by atoms with Crippen LogP contribution in [0.2, 0.25) is 0 Å². The van der Waals surface area contributed by atoms with Gasteiger partial charge in [-0.3, -0.25) is 0 Å². The molecule has 0 aliphatic heterocycles. The van der Waals surface area contributed by atoms with E-state index in [4.69, 9.17) is 4.74 Å². The first-order valence-electron chi connectivity index (χ1n) is 7.05. The number of rotatable bonds is 5. The van der Waals surface area contributed by atoms with Crippen LogP contribution in [0, 0.1) is 19.7 Å². The highest BCUT2D eigenvalue weighted by atomic mass is 19.1. The minimum absolute atomic E-state index is 0.180. The fourth-order valence-corrected chi connectivity index (χ4v) is 2.11. The molecule has 0 saturated carbocycles. The molecule has 116 valence electrons. The third kappa shape index (κ3) is 4.77. The second-order valence-electron chi connectivity index (χ2n) is 5.04. The summed E-state index contributed by atoms with van der Waals surface area (Å²) in [7, 11) is 0. The van der Waals surface area contributed by atoms with E-state index in [1.165, 1.54) is 6.07 Å². The zero-order valence-electron chi connectivity index (χ0n) is 12.7. The maximum Gasteiger partial charge on any atom is 0.319 e. The first-order valence-corrected chi connectivity index (χ1v) is 7.05. The third-order valence-corrected chi connectivity index (χ3v) is 2.96. The summed E-state index contributed by atoms with van der Waals surface area (Å²) in [5.74, 6) is -0.235. The van der Waals surface area contributed by atoms with Crippen molar-refractivity contribution in [3.05, 3.63) is 59.4 Å². The van der Waals surface area contributed by atoms with Crippen LogP contribution in [0.25, 0.3) is 0 Å². The molecule has 2 aromatic rings. The summed E-state index contributed by atoms with van der Waals surface area (Å²) in [6.07, 6.45) is 0. The van der Waals surface area contributed by atoms with E-state index in [0.29, 0.717) is 0 Å². The van der Waals surface area contributed by atoms with Crippen LogP contribution in [-0.2, 0) is 0 Å². The average Bonchev–Trinajstić information content (AvgIpc) is 2.44. The van der Waals surface area contributed by atoms with E-state index < -0.39 is 5.82 Å². The molecule has 2 N–H and O–H groups in total. The van der Waals surface area contributed by atoms with Crippen LogP contribution in [0.1, 0.15) is 11.1 Å². The van der Waals surface area contributed by atoms with Gasteiger partial charge in [0.25, 0.3) is 0 Å². The van der Waals surface area contributed by atoms with Gasteiger partial charge < -0.3 is 15.4 Å². The summed E-state index contributed by atoms with van der Waals surface area (Å²) in [5.41, 5.74) is 2.90. The average molecular weight is 302 g/mol. The lowest BCUT2D eigenvalue weighted by atomic mass is 10.1. The highest BCUT2D eigenvalue weighted by molar-refractivity contribution is 5.89.